The molecule has 6 heteroatoms. The minimum absolute atomic E-state index is 0.170. The van der Waals surface area contributed by atoms with Gasteiger partial charge < -0.3 is 10.1 Å². The Labute approximate surface area is 165 Å². The lowest BCUT2D eigenvalue weighted by Gasteiger charge is -2.20. The van der Waals surface area contributed by atoms with Gasteiger partial charge in [0.1, 0.15) is 19.3 Å². The Morgan fingerprint density at radius 2 is 1.78 bits per heavy atom. The highest BCUT2D eigenvalue weighted by molar-refractivity contribution is 9.10. The zero-order chi connectivity index (χ0) is 19.1. The summed E-state index contributed by atoms with van der Waals surface area (Å²) in [7, 11) is 0. The first kappa shape index (κ1) is 19.0. The van der Waals surface area contributed by atoms with E-state index >= 15 is 0 Å². The SMILES string of the molecule is O=C(N[C@@H](c1ccc(CF)cc1)c1ncccc1Br)OCc1ccccc1. The molecule has 1 N–H and O–H groups in total. The number of halogens is 2. The quantitative estimate of drug-likeness (QED) is 0.577. The maximum atomic E-state index is 12.8. The van der Waals surface area contributed by atoms with Gasteiger partial charge in [0.15, 0.2) is 0 Å². The van der Waals surface area contributed by atoms with Crippen molar-refractivity contribution in [3.05, 3.63) is 99.8 Å². The zero-order valence-electron chi connectivity index (χ0n) is 14.4. The van der Waals surface area contributed by atoms with Crippen LogP contribution >= 0.6 is 15.9 Å². The molecule has 138 valence electrons. The number of hydrogen-bond acceptors (Lipinski definition) is 3. The Bertz CT molecular complexity index is 888. The molecule has 0 radical (unpaired) electrons. The molecule has 0 aliphatic carbocycles. The van der Waals surface area contributed by atoms with Crippen molar-refractivity contribution in [3.63, 3.8) is 0 Å². The van der Waals surface area contributed by atoms with Crippen LogP contribution in [0.25, 0.3) is 0 Å². The molecule has 3 aromatic rings. The second kappa shape index (κ2) is 9.28. The fourth-order valence-corrected chi connectivity index (χ4v) is 3.09. The number of nitrogens with one attached hydrogen (secondary N) is 1. The molecule has 1 atom stereocenters. The van der Waals surface area contributed by atoms with Gasteiger partial charge in [-0.15, -0.1) is 0 Å². The minimum Gasteiger partial charge on any atom is -0.445 e. The number of ether oxygens (including phenoxy) is 1. The van der Waals surface area contributed by atoms with E-state index < -0.39 is 18.8 Å². The summed E-state index contributed by atoms with van der Waals surface area (Å²) in [6, 6.07) is 19.5. The molecule has 1 amide bonds. The van der Waals surface area contributed by atoms with Crippen LogP contribution in [0, 0.1) is 0 Å². The van der Waals surface area contributed by atoms with Crippen LogP contribution in [0.1, 0.15) is 28.4 Å². The lowest BCUT2D eigenvalue weighted by Crippen LogP contribution is -2.30. The molecule has 1 heterocycles. The summed E-state index contributed by atoms with van der Waals surface area (Å²) in [5.41, 5.74) is 2.89. The van der Waals surface area contributed by atoms with Gasteiger partial charge in [0.25, 0.3) is 0 Å². The van der Waals surface area contributed by atoms with Crippen LogP contribution in [0.3, 0.4) is 0 Å². The van der Waals surface area contributed by atoms with E-state index in [1.165, 1.54) is 0 Å². The molecule has 0 aliphatic heterocycles. The summed E-state index contributed by atoms with van der Waals surface area (Å²) in [4.78, 5) is 16.7. The smallest absolute Gasteiger partial charge is 0.408 e. The molecular weight excluding hydrogens is 411 g/mol. The van der Waals surface area contributed by atoms with Gasteiger partial charge in [0.05, 0.1) is 5.69 Å². The van der Waals surface area contributed by atoms with Gasteiger partial charge in [-0.2, -0.15) is 0 Å². The number of alkyl carbamates (subject to hydrolysis) is 1. The Balaban J connectivity index is 1.79. The van der Waals surface area contributed by atoms with Gasteiger partial charge in [0.2, 0.25) is 0 Å². The molecule has 0 bridgehead atoms. The first-order valence-electron chi connectivity index (χ1n) is 8.40. The van der Waals surface area contributed by atoms with Gasteiger partial charge in [0, 0.05) is 10.7 Å². The first-order valence-corrected chi connectivity index (χ1v) is 9.19. The van der Waals surface area contributed by atoms with Crippen molar-refractivity contribution in [3.8, 4) is 0 Å². The van der Waals surface area contributed by atoms with Crippen LogP contribution in [0.2, 0.25) is 0 Å². The van der Waals surface area contributed by atoms with Crippen LogP contribution in [0.5, 0.6) is 0 Å². The molecular formula is C21H18BrFN2O2. The molecule has 1 aromatic heterocycles. The van der Waals surface area contributed by atoms with Crippen molar-refractivity contribution < 1.29 is 13.9 Å². The minimum atomic E-state index is -0.559. The number of alkyl halides is 1. The number of nitrogens with zero attached hydrogens (tertiary/aromatic N) is 1. The number of benzene rings is 2. The topological polar surface area (TPSA) is 51.2 Å². The van der Waals surface area contributed by atoms with E-state index in [1.807, 2.05) is 36.4 Å². The third-order valence-electron chi connectivity index (χ3n) is 4.00. The monoisotopic (exact) mass is 428 g/mol. The second-order valence-corrected chi connectivity index (χ2v) is 6.74. The van der Waals surface area contributed by atoms with E-state index in [0.29, 0.717) is 11.3 Å². The fourth-order valence-electron chi connectivity index (χ4n) is 2.60. The van der Waals surface area contributed by atoms with Gasteiger partial charge >= 0.3 is 6.09 Å². The summed E-state index contributed by atoms with van der Waals surface area (Å²) < 4.78 is 18.9. The summed E-state index contributed by atoms with van der Waals surface area (Å²) in [5.74, 6) is 0. The zero-order valence-corrected chi connectivity index (χ0v) is 16.0. The molecule has 0 saturated heterocycles. The Hall–Kier alpha value is -2.73. The number of amides is 1. The standard InChI is InChI=1S/C21H18BrFN2O2/c22-18-7-4-12-24-20(18)19(17-10-8-15(13-23)9-11-17)25-21(26)27-14-16-5-2-1-3-6-16/h1-12,19H,13-14H2,(H,25,26)/t19-/m0/s1. The molecule has 0 spiro atoms. The van der Waals surface area contributed by atoms with Crippen LogP contribution in [0.15, 0.2) is 77.4 Å². The van der Waals surface area contributed by atoms with E-state index in [4.69, 9.17) is 4.74 Å². The molecule has 0 aliphatic rings. The number of pyridine rings is 1. The number of aromatic nitrogens is 1. The van der Waals surface area contributed by atoms with Crippen molar-refractivity contribution in [2.75, 3.05) is 0 Å². The number of carbonyl (C=O) groups is 1. The van der Waals surface area contributed by atoms with Crippen molar-refractivity contribution in [2.45, 2.75) is 19.3 Å². The van der Waals surface area contributed by atoms with Crippen molar-refractivity contribution in [1.82, 2.24) is 10.3 Å². The predicted octanol–water partition coefficient (Wildman–Crippen LogP) is 5.33. The molecule has 0 unspecified atom stereocenters. The fraction of sp³-hybridized carbons (Fsp3) is 0.143. The highest BCUT2D eigenvalue weighted by atomic mass is 79.9. The summed E-state index contributed by atoms with van der Waals surface area (Å²) in [6.07, 6.45) is 1.09. The van der Waals surface area contributed by atoms with E-state index in [2.05, 4.69) is 26.2 Å². The summed E-state index contributed by atoms with van der Waals surface area (Å²) in [6.45, 7) is -0.367. The van der Waals surface area contributed by atoms with Crippen molar-refractivity contribution >= 4 is 22.0 Å². The summed E-state index contributed by atoms with van der Waals surface area (Å²) >= 11 is 3.47. The molecule has 27 heavy (non-hydrogen) atoms. The van der Waals surface area contributed by atoms with Crippen LogP contribution in [-0.2, 0) is 18.0 Å². The van der Waals surface area contributed by atoms with Gasteiger partial charge in [-0.3, -0.25) is 4.98 Å². The average molecular weight is 429 g/mol. The van der Waals surface area contributed by atoms with Crippen molar-refractivity contribution in [1.29, 1.82) is 0 Å². The Morgan fingerprint density at radius 3 is 2.44 bits per heavy atom. The number of carbonyl (C=O) groups excluding carboxylic acids is 1. The largest absolute Gasteiger partial charge is 0.445 e. The highest BCUT2D eigenvalue weighted by Gasteiger charge is 2.21. The number of hydrogen-bond donors (Lipinski definition) is 1. The van der Waals surface area contributed by atoms with Gasteiger partial charge in [-0.05, 0) is 44.8 Å². The molecule has 2 aromatic carbocycles. The highest BCUT2D eigenvalue weighted by Crippen LogP contribution is 2.27. The van der Waals surface area contributed by atoms with Crippen LogP contribution in [0.4, 0.5) is 9.18 Å². The maximum absolute atomic E-state index is 12.8. The normalized spacial score (nSPS) is 11.6. The second-order valence-electron chi connectivity index (χ2n) is 5.88. The molecule has 4 nitrogen and oxygen atoms in total. The third kappa shape index (κ3) is 5.14. The molecule has 0 fully saturated rings. The van der Waals surface area contributed by atoms with Crippen LogP contribution in [-0.4, -0.2) is 11.1 Å². The molecule has 0 saturated carbocycles. The number of rotatable bonds is 6. The van der Waals surface area contributed by atoms with E-state index in [0.717, 1.165) is 15.6 Å². The maximum Gasteiger partial charge on any atom is 0.408 e. The first-order chi connectivity index (χ1) is 13.2. The predicted molar refractivity (Wildman–Crippen MR) is 105 cm³/mol. The average Bonchev–Trinajstić information content (AvgIpc) is 2.72. The van der Waals surface area contributed by atoms with E-state index in [1.54, 1.807) is 36.5 Å². The summed E-state index contributed by atoms with van der Waals surface area (Å²) in [5, 5.41) is 2.85. The van der Waals surface area contributed by atoms with E-state index in [9.17, 15) is 9.18 Å². The Morgan fingerprint density at radius 1 is 1.04 bits per heavy atom. The van der Waals surface area contributed by atoms with Crippen LogP contribution < -0.4 is 5.32 Å². The van der Waals surface area contributed by atoms with E-state index in [-0.39, 0.29) is 6.61 Å². The lowest BCUT2D eigenvalue weighted by molar-refractivity contribution is 0.137. The van der Waals surface area contributed by atoms with Gasteiger partial charge in [-0.1, -0.05) is 54.6 Å². The lowest BCUT2D eigenvalue weighted by atomic mass is 10.0. The Kier molecular flexibility index (Phi) is 6.54. The third-order valence-corrected chi connectivity index (χ3v) is 4.67. The van der Waals surface area contributed by atoms with Crippen molar-refractivity contribution in [2.24, 2.45) is 0 Å². The van der Waals surface area contributed by atoms with Gasteiger partial charge in [-0.25, -0.2) is 9.18 Å². The molecule has 3 rings (SSSR count).